The second kappa shape index (κ2) is 4.85. The highest BCUT2D eigenvalue weighted by Crippen LogP contribution is 2.38. The molecule has 0 unspecified atom stereocenters. The molecule has 0 aromatic heterocycles. The highest BCUT2D eigenvalue weighted by Gasteiger charge is 2.37. The van der Waals surface area contributed by atoms with Crippen molar-refractivity contribution in [1.29, 1.82) is 0 Å². The predicted molar refractivity (Wildman–Crippen MR) is 72.2 cm³/mol. The van der Waals surface area contributed by atoms with Gasteiger partial charge in [0.25, 0.3) is 0 Å². The van der Waals surface area contributed by atoms with Gasteiger partial charge in [-0.25, -0.2) is 4.39 Å². The number of benzene rings is 1. The number of aliphatic hydroxyl groups is 1. The van der Waals surface area contributed by atoms with Crippen molar-refractivity contribution in [1.82, 2.24) is 0 Å². The molecule has 0 radical (unpaired) electrons. The van der Waals surface area contributed by atoms with Gasteiger partial charge in [0.15, 0.2) is 0 Å². The number of alkyl halides is 1. The van der Waals surface area contributed by atoms with Crippen molar-refractivity contribution >= 4 is 17.3 Å². The van der Waals surface area contributed by atoms with Gasteiger partial charge in [0.2, 0.25) is 11.6 Å². The van der Waals surface area contributed by atoms with E-state index >= 15 is 0 Å². The van der Waals surface area contributed by atoms with Crippen LogP contribution in [0, 0.1) is 5.92 Å². The molecule has 1 fully saturated rings. The third kappa shape index (κ3) is 1.96. The van der Waals surface area contributed by atoms with E-state index in [2.05, 4.69) is 0 Å². The van der Waals surface area contributed by atoms with Crippen molar-refractivity contribution in [3.63, 3.8) is 0 Å². The van der Waals surface area contributed by atoms with Crippen LogP contribution in [-0.2, 0) is 4.79 Å². The maximum absolute atomic E-state index is 13.2. The molecule has 2 aliphatic rings. The number of aliphatic hydroxyl groups excluding tert-OH is 1. The average molecular weight is 274 g/mol. The van der Waals surface area contributed by atoms with Crippen LogP contribution in [0.1, 0.15) is 41.6 Å². The zero-order chi connectivity index (χ0) is 14.3. The van der Waals surface area contributed by atoms with Crippen LogP contribution < -0.4 is 0 Å². The van der Waals surface area contributed by atoms with Crippen LogP contribution in [0.15, 0.2) is 29.8 Å². The van der Waals surface area contributed by atoms with Crippen molar-refractivity contribution in [2.75, 3.05) is 0 Å². The maximum atomic E-state index is 13.2. The van der Waals surface area contributed by atoms with Crippen molar-refractivity contribution in [2.24, 2.45) is 5.92 Å². The first kappa shape index (κ1) is 13.0. The molecule has 3 rings (SSSR count). The first-order valence-electron chi connectivity index (χ1n) is 6.85. The molecule has 4 heteroatoms. The molecule has 1 aromatic carbocycles. The highest BCUT2D eigenvalue weighted by atomic mass is 19.1. The number of rotatable bonds is 1. The Kier molecular flexibility index (Phi) is 3.16. The Hall–Kier alpha value is -1.97. The zero-order valence-corrected chi connectivity index (χ0v) is 10.9. The largest absolute Gasteiger partial charge is 0.507 e. The Morgan fingerprint density at radius 1 is 0.950 bits per heavy atom. The normalized spacial score (nSPS) is 26.6. The lowest BCUT2D eigenvalue weighted by molar-refractivity contribution is -0.112. The third-order valence-electron chi connectivity index (χ3n) is 4.20. The quantitative estimate of drug-likeness (QED) is 0.800. The topological polar surface area (TPSA) is 54.4 Å². The fraction of sp³-hybridized carbons (Fsp3) is 0.375. The Morgan fingerprint density at radius 3 is 2.20 bits per heavy atom. The summed E-state index contributed by atoms with van der Waals surface area (Å²) in [6.45, 7) is 0. The number of allylic oxidation sites excluding steroid dienone is 1. The van der Waals surface area contributed by atoms with Crippen molar-refractivity contribution in [3.05, 3.63) is 41.0 Å². The van der Waals surface area contributed by atoms with Gasteiger partial charge in [0.1, 0.15) is 11.9 Å². The van der Waals surface area contributed by atoms with Crippen LogP contribution in [0.4, 0.5) is 4.39 Å². The van der Waals surface area contributed by atoms with E-state index in [-0.39, 0.29) is 22.8 Å². The van der Waals surface area contributed by atoms with Gasteiger partial charge in [0, 0.05) is 16.7 Å². The number of hydrogen-bond donors (Lipinski definition) is 1. The van der Waals surface area contributed by atoms with Gasteiger partial charge in [-0.3, -0.25) is 9.59 Å². The molecule has 2 aliphatic carbocycles. The number of hydrogen-bond acceptors (Lipinski definition) is 3. The fourth-order valence-electron chi connectivity index (χ4n) is 3.11. The predicted octanol–water partition coefficient (Wildman–Crippen LogP) is 3.25. The number of carbonyl (C=O) groups is 2. The Morgan fingerprint density at radius 2 is 1.55 bits per heavy atom. The lowest BCUT2D eigenvalue weighted by Gasteiger charge is -2.28. The molecule has 0 spiro atoms. The van der Waals surface area contributed by atoms with E-state index in [1.807, 2.05) is 0 Å². The highest BCUT2D eigenvalue weighted by molar-refractivity contribution is 6.52. The Labute approximate surface area is 116 Å². The minimum absolute atomic E-state index is 0.104. The van der Waals surface area contributed by atoms with E-state index in [0.717, 1.165) is 0 Å². The minimum atomic E-state index is -0.837. The van der Waals surface area contributed by atoms with Crippen LogP contribution in [0.3, 0.4) is 0 Å². The Bertz CT molecular complexity index is 610. The summed E-state index contributed by atoms with van der Waals surface area (Å²) in [5.74, 6) is -1.53. The number of Topliss-reactive ketones (excluding diaryl/α,β-unsaturated/α-hetero) is 2. The van der Waals surface area contributed by atoms with Gasteiger partial charge >= 0.3 is 0 Å². The summed E-state index contributed by atoms with van der Waals surface area (Å²) >= 11 is 0. The summed E-state index contributed by atoms with van der Waals surface area (Å²) in [7, 11) is 0. The second-order valence-corrected chi connectivity index (χ2v) is 5.42. The van der Waals surface area contributed by atoms with E-state index in [1.165, 1.54) is 0 Å². The van der Waals surface area contributed by atoms with Crippen LogP contribution in [0.25, 0.3) is 5.76 Å². The molecule has 104 valence electrons. The standard InChI is InChI=1S/C16H15FO3/c17-10-7-5-9(6-8-10)13-14(18)11-3-1-2-4-12(11)15(19)16(13)20/h1-4,9-10,18H,5-8H2. The molecular weight excluding hydrogens is 259 g/mol. The van der Waals surface area contributed by atoms with Crippen molar-refractivity contribution < 1.29 is 19.1 Å². The van der Waals surface area contributed by atoms with E-state index < -0.39 is 17.7 Å². The first-order valence-corrected chi connectivity index (χ1v) is 6.85. The summed E-state index contributed by atoms with van der Waals surface area (Å²) in [4.78, 5) is 24.3. The first-order chi connectivity index (χ1) is 9.59. The van der Waals surface area contributed by atoms with Crippen molar-refractivity contribution in [3.8, 4) is 0 Å². The van der Waals surface area contributed by atoms with E-state index in [9.17, 15) is 19.1 Å². The molecule has 0 amide bonds. The fourth-order valence-corrected chi connectivity index (χ4v) is 3.11. The molecule has 20 heavy (non-hydrogen) atoms. The molecule has 1 aromatic rings. The molecule has 0 saturated heterocycles. The molecule has 3 nitrogen and oxygen atoms in total. The number of ketones is 2. The molecular formula is C16H15FO3. The van der Waals surface area contributed by atoms with Gasteiger partial charge in [-0.15, -0.1) is 0 Å². The van der Waals surface area contributed by atoms with Crippen LogP contribution in [-0.4, -0.2) is 22.8 Å². The number of fused-ring (bicyclic) bond motifs is 1. The summed E-state index contributed by atoms with van der Waals surface area (Å²) in [5, 5.41) is 10.3. The van der Waals surface area contributed by atoms with E-state index in [1.54, 1.807) is 24.3 Å². The summed E-state index contributed by atoms with van der Waals surface area (Å²) in [6.07, 6.45) is 0.925. The maximum Gasteiger partial charge on any atom is 0.234 e. The molecule has 0 heterocycles. The van der Waals surface area contributed by atoms with Crippen LogP contribution >= 0.6 is 0 Å². The minimum Gasteiger partial charge on any atom is -0.507 e. The molecule has 0 aliphatic heterocycles. The van der Waals surface area contributed by atoms with Gasteiger partial charge in [-0.1, -0.05) is 24.3 Å². The van der Waals surface area contributed by atoms with E-state index in [4.69, 9.17) is 0 Å². The lowest BCUT2D eigenvalue weighted by Crippen LogP contribution is -2.30. The lowest BCUT2D eigenvalue weighted by atomic mass is 9.76. The molecule has 1 saturated carbocycles. The SMILES string of the molecule is O=C1C(=O)c2ccccc2C(O)=C1C1CCC(F)CC1. The van der Waals surface area contributed by atoms with Gasteiger partial charge in [0.05, 0.1) is 0 Å². The van der Waals surface area contributed by atoms with Crippen molar-refractivity contribution in [2.45, 2.75) is 31.9 Å². The molecule has 1 N–H and O–H groups in total. The number of halogens is 1. The monoisotopic (exact) mass is 274 g/mol. The number of carbonyl (C=O) groups excluding carboxylic acids is 2. The average Bonchev–Trinajstić information content (AvgIpc) is 2.47. The van der Waals surface area contributed by atoms with Crippen LogP contribution in [0.5, 0.6) is 0 Å². The Balaban J connectivity index is 2.05. The van der Waals surface area contributed by atoms with Crippen LogP contribution in [0.2, 0.25) is 0 Å². The second-order valence-electron chi connectivity index (χ2n) is 5.42. The van der Waals surface area contributed by atoms with Gasteiger partial charge in [-0.05, 0) is 31.6 Å². The van der Waals surface area contributed by atoms with Gasteiger partial charge < -0.3 is 5.11 Å². The molecule has 0 atom stereocenters. The summed E-state index contributed by atoms with van der Waals surface area (Å²) in [5.41, 5.74) is 0.841. The summed E-state index contributed by atoms with van der Waals surface area (Å²) < 4.78 is 13.2. The summed E-state index contributed by atoms with van der Waals surface area (Å²) in [6, 6.07) is 6.56. The third-order valence-corrected chi connectivity index (χ3v) is 4.20. The smallest absolute Gasteiger partial charge is 0.234 e. The molecule has 0 bridgehead atoms. The van der Waals surface area contributed by atoms with Gasteiger partial charge in [-0.2, -0.15) is 0 Å². The zero-order valence-electron chi connectivity index (χ0n) is 10.9. The van der Waals surface area contributed by atoms with E-state index in [0.29, 0.717) is 31.2 Å².